The van der Waals surface area contributed by atoms with Crippen LogP contribution in [-0.4, -0.2) is 53.3 Å². The van der Waals surface area contributed by atoms with Crippen molar-refractivity contribution in [1.82, 2.24) is 29.2 Å². The average molecular weight is 553 g/mol. The maximum atomic E-state index is 14.2. The van der Waals surface area contributed by atoms with Crippen molar-refractivity contribution in [3.63, 3.8) is 0 Å². The summed E-state index contributed by atoms with van der Waals surface area (Å²) in [6.07, 6.45) is 3.51. The fourth-order valence-electron chi connectivity index (χ4n) is 5.14. The van der Waals surface area contributed by atoms with Gasteiger partial charge in [0.1, 0.15) is 23.1 Å². The monoisotopic (exact) mass is 552 g/mol. The van der Waals surface area contributed by atoms with E-state index in [0.29, 0.717) is 18.7 Å². The summed E-state index contributed by atoms with van der Waals surface area (Å²) in [5.74, 6) is -3.85. The molecule has 1 fully saturated rings. The van der Waals surface area contributed by atoms with E-state index in [9.17, 15) is 27.9 Å². The number of carbonyl (C=O) groups excluding carboxylic acids is 1. The van der Waals surface area contributed by atoms with Crippen LogP contribution in [-0.2, 0) is 6.54 Å². The molecule has 4 aromatic rings. The first-order valence-corrected chi connectivity index (χ1v) is 13.0. The lowest BCUT2D eigenvalue weighted by molar-refractivity contribution is 0.0784. The van der Waals surface area contributed by atoms with Crippen LogP contribution >= 0.6 is 0 Å². The summed E-state index contributed by atoms with van der Waals surface area (Å²) in [6.45, 7) is 4.59. The number of benzene rings is 1. The second-order valence-electron chi connectivity index (χ2n) is 9.63. The van der Waals surface area contributed by atoms with Gasteiger partial charge in [0.25, 0.3) is 11.5 Å². The van der Waals surface area contributed by atoms with Gasteiger partial charge in [-0.3, -0.25) is 23.8 Å². The third-order valence-corrected chi connectivity index (χ3v) is 7.12. The highest BCUT2D eigenvalue weighted by Gasteiger charge is 2.34. The summed E-state index contributed by atoms with van der Waals surface area (Å²) in [5, 5.41) is 15.3. The van der Waals surface area contributed by atoms with E-state index < -0.39 is 46.4 Å². The summed E-state index contributed by atoms with van der Waals surface area (Å²) < 4.78 is 44.5. The Bertz CT molecular complexity index is 1600. The number of aryl methyl sites for hydroxylation is 1. The Morgan fingerprint density at radius 2 is 1.85 bits per heavy atom. The minimum atomic E-state index is -0.922. The molecule has 1 amide bonds. The molecule has 3 aromatic heterocycles. The highest BCUT2D eigenvalue weighted by atomic mass is 19.1. The molecule has 1 saturated heterocycles. The molecule has 1 aliphatic rings. The molecule has 0 bridgehead atoms. The molecule has 1 unspecified atom stereocenters. The number of hydrogen-bond acceptors (Lipinski definition) is 6. The maximum absolute atomic E-state index is 14.2. The van der Waals surface area contributed by atoms with Crippen LogP contribution in [0.5, 0.6) is 5.88 Å². The zero-order valence-electron chi connectivity index (χ0n) is 21.9. The van der Waals surface area contributed by atoms with Crippen molar-refractivity contribution in [2.24, 2.45) is 0 Å². The van der Waals surface area contributed by atoms with Crippen molar-refractivity contribution in [3.05, 3.63) is 93.4 Å². The molecular formula is C28H27F3N6O3. The van der Waals surface area contributed by atoms with Gasteiger partial charge >= 0.3 is 0 Å². The first-order chi connectivity index (χ1) is 19.2. The third kappa shape index (κ3) is 5.08. The summed E-state index contributed by atoms with van der Waals surface area (Å²) in [5.41, 5.74) is -0.405. The zero-order valence-corrected chi connectivity index (χ0v) is 21.9. The van der Waals surface area contributed by atoms with Gasteiger partial charge in [0.15, 0.2) is 11.4 Å². The summed E-state index contributed by atoms with van der Waals surface area (Å²) in [4.78, 5) is 37.4. The number of carbonyl (C=O) groups is 1. The molecule has 40 heavy (non-hydrogen) atoms. The van der Waals surface area contributed by atoms with E-state index in [1.54, 1.807) is 29.9 Å². The lowest BCUT2D eigenvalue weighted by atomic mass is 10.0. The molecule has 2 atom stereocenters. The summed E-state index contributed by atoms with van der Waals surface area (Å²) >= 11 is 0. The highest BCUT2D eigenvalue weighted by Crippen LogP contribution is 2.31. The van der Waals surface area contributed by atoms with Crippen molar-refractivity contribution in [2.75, 3.05) is 13.1 Å². The van der Waals surface area contributed by atoms with Gasteiger partial charge in [0, 0.05) is 43.5 Å². The molecule has 1 aromatic carbocycles. The Hall–Kier alpha value is -4.48. The predicted molar refractivity (Wildman–Crippen MR) is 139 cm³/mol. The average Bonchev–Trinajstić information content (AvgIpc) is 3.60. The van der Waals surface area contributed by atoms with Gasteiger partial charge in [-0.25, -0.2) is 13.2 Å². The minimum absolute atomic E-state index is 0.0439. The summed E-state index contributed by atoms with van der Waals surface area (Å²) in [7, 11) is 0. The SMILES string of the molecule is CC[C@@H](c1cc(F)cc(F)c1)n1c(-c2ccn(CC)n2)nc(O)c(C(=O)N2CCC(c3ccc(F)cn3)C2)c1=O. The Labute approximate surface area is 227 Å². The molecule has 1 aliphatic heterocycles. The molecule has 0 aliphatic carbocycles. The predicted octanol–water partition coefficient (Wildman–Crippen LogP) is 4.27. The molecule has 12 heteroatoms. The number of halogens is 3. The standard InChI is InChI=1S/C28H27F3N6O3/c1-3-23(17-11-19(30)13-20(31)12-17)37-25(22-8-10-36(4-2)34-22)33-26(38)24(28(37)40)27(39)35-9-7-16(15-35)21-6-5-18(29)14-32-21/h5-6,8,10-14,16,23,38H,3-4,7,9,15H2,1-2H3/t16?,23-/m0/s1. The second-order valence-corrected chi connectivity index (χ2v) is 9.63. The van der Waals surface area contributed by atoms with Gasteiger partial charge < -0.3 is 10.0 Å². The van der Waals surface area contributed by atoms with E-state index in [2.05, 4.69) is 15.1 Å². The Morgan fingerprint density at radius 1 is 1.10 bits per heavy atom. The second kappa shape index (κ2) is 10.9. The maximum Gasteiger partial charge on any atom is 0.271 e. The van der Waals surface area contributed by atoms with Crippen LogP contribution in [0.1, 0.15) is 60.3 Å². The number of hydrogen-bond donors (Lipinski definition) is 1. The van der Waals surface area contributed by atoms with Crippen LogP contribution < -0.4 is 5.56 Å². The van der Waals surface area contributed by atoms with Gasteiger partial charge in [0.2, 0.25) is 5.88 Å². The van der Waals surface area contributed by atoms with E-state index in [0.717, 1.165) is 24.4 Å². The number of aromatic nitrogens is 5. The number of amides is 1. The van der Waals surface area contributed by atoms with Gasteiger partial charge in [-0.2, -0.15) is 10.1 Å². The van der Waals surface area contributed by atoms with Crippen molar-refractivity contribution >= 4 is 5.91 Å². The fraction of sp³-hybridized carbons (Fsp3) is 0.321. The van der Waals surface area contributed by atoms with Gasteiger partial charge in [-0.1, -0.05) is 6.92 Å². The zero-order chi connectivity index (χ0) is 28.6. The van der Waals surface area contributed by atoms with Crippen LogP contribution in [0.3, 0.4) is 0 Å². The first-order valence-electron chi connectivity index (χ1n) is 13.0. The van der Waals surface area contributed by atoms with E-state index in [1.807, 2.05) is 6.92 Å². The molecule has 0 saturated carbocycles. The third-order valence-electron chi connectivity index (χ3n) is 7.12. The van der Waals surface area contributed by atoms with Crippen LogP contribution in [0.15, 0.2) is 53.6 Å². The number of nitrogens with zero attached hydrogens (tertiary/aromatic N) is 6. The molecule has 0 spiro atoms. The molecule has 9 nitrogen and oxygen atoms in total. The Balaban J connectivity index is 1.60. The van der Waals surface area contributed by atoms with Crippen molar-refractivity contribution in [2.45, 2.75) is 45.2 Å². The molecule has 208 valence electrons. The van der Waals surface area contributed by atoms with Crippen LogP contribution in [0, 0.1) is 17.5 Å². The van der Waals surface area contributed by atoms with E-state index in [4.69, 9.17) is 0 Å². The van der Waals surface area contributed by atoms with E-state index >= 15 is 0 Å². The van der Waals surface area contributed by atoms with E-state index in [-0.39, 0.29) is 42.5 Å². The van der Waals surface area contributed by atoms with Gasteiger partial charge in [0.05, 0.1) is 12.2 Å². The molecular weight excluding hydrogens is 525 g/mol. The first kappa shape index (κ1) is 27.1. The van der Waals surface area contributed by atoms with Gasteiger partial charge in [-0.05, 0) is 55.7 Å². The van der Waals surface area contributed by atoms with Crippen molar-refractivity contribution in [1.29, 1.82) is 0 Å². The number of pyridine rings is 1. The molecule has 0 radical (unpaired) electrons. The molecule has 4 heterocycles. The Kier molecular flexibility index (Phi) is 7.42. The normalized spacial score (nSPS) is 15.9. The number of rotatable bonds is 7. The largest absolute Gasteiger partial charge is 0.493 e. The lowest BCUT2D eigenvalue weighted by Crippen LogP contribution is -2.38. The van der Waals surface area contributed by atoms with Crippen LogP contribution in [0.2, 0.25) is 0 Å². The van der Waals surface area contributed by atoms with Crippen molar-refractivity contribution in [3.8, 4) is 17.4 Å². The topological polar surface area (TPSA) is 106 Å². The van der Waals surface area contributed by atoms with E-state index in [1.165, 1.54) is 15.5 Å². The molecule has 1 N–H and O–H groups in total. The lowest BCUT2D eigenvalue weighted by Gasteiger charge is -2.24. The fourth-order valence-corrected chi connectivity index (χ4v) is 5.14. The quantitative estimate of drug-likeness (QED) is 0.367. The number of likely N-dealkylation sites (tertiary alicyclic amines) is 1. The van der Waals surface area contributed by atoms with Crippen LogP contribution in [0.25, 0.3) is 11.5 Å². The summed E-state index contributed by atoms with van der Waals surface area (Å²) in [6, 6.07) is 6.48. The van der Waals surface area contributed by atoms with Gasteiger partial charge in [-0.15, -0.1) is 0 Å². The van der Waals surface area contributed by atoms with Crippen molar-refractivity contribution < 1.29 is 23.1 Å². The molecule has 5 rings (SSSR count). The van der Waals surface area contributed by atoms with Crippen LogP contribution in [0.4, 0.5) is 13.2 Å². The highest BCUT2D eigenvalue weighted by molar-refractivity contribution is 5.96. The smallest absolute Gasteiger partial charge is 0.271 e. The number of aromatic hydroxyl groups is 1. The Morgan fingerprint density at radius 3 is 2.48 bits per heavy atom. The minimum Gasteiger partial charge on any atom is -0.493 e.